The zero-order valence-corrected chi connectivity index (χ0v) is 25.1. The molecule has 218 valence electrons. The molecule has 0 N–H and O–H groups in total. The highest BCUT2D eigenvalue weighted by atomic mass is 32.1. The van der Waals surface area contributed by atoms with Crippen molar-refractivity contribution < 1.29 is 23.8 Å². The molecule has 1 aliphatic heterocycles. The van der Waals surface area contributed by atoms with Crippen LogP contribution in [0.1, 0.15) is 51.8 Å². The molecule has 0 radical (unpaired) electrons. The summed E-state index contributed by atoms with van der Waals surface area (Å²) >= 11 is 1.25. The summed E-state index contributed by atoms with van der Waals surface area (Å²) in [5.74, 6) is -0.155. The molecule has 0 unspecified atom stereocenters. The van der Waals surface area contributed by atoms with E-state index in [9.17, 15) is 14.4 Å². The van der Waals surface area contributed by atoms with Crippen LogP contribution in [0.15, 0.2) is 75.8 Å². The van der Waals surface area contributed by atoms with Crippen LogP contribution in [0.25, 0.3) is 17.0 Å². The summed E-state index contributed by atoms with van der Waals surface area (Å²) < 4.78 is 20.2. The number of ether oxygens (including phenoxy) is 3. The van der Waals surface area contributed by atoms with Gasteiger partial charge in [0.1, 0.15) is 12.3 Å². The Balaban J connectivity index is 1.67. The Morgan fingerprint density at radius 3 is 2.50 bits per heavy atom. The first-order valence-corrected chi connectivity index (χ1v) is 14.7. The maximum Gasteiger partial charge on any atom is 0.338 e. The van der Waals surface area contributed by atoms with Crippen molar-refractivity contribution in [3.63, 3.8) is 0 Å². The van der Waals surface area contributed by atoms with E-state index in [-0.39, 0.29) is 24.2 Å². The number of hydrogen-bond acceptors (Lipinski definition) is 8. The Hall–Kier alpha value is -4.44. The van der Waals surface area contributed by atoms with Crippen LogP contribution in [0.5, 0.6) is 5.75 Å². The zero-order valence-electron chi connectivity index (χ0n) is 24.2. The van der Waals surface area contributed by atoms with Crippen molar-refractivity contribution >= 4 is 40.3 Å². The van der Waals surface area contributed by atoms with Crippen LogP contribution in [0.2, 0.25) is 0 Å². The highest BCUT2D eigenvalue weighted by Crippen LogP contribution is 2.32. The van der Waals surface area contributed by atoms with Gasteiger partial charge in [-0.1, -0.05) is 41.7 Å². The molecule has 0 saturated heterocycles. The van der Waals surface area contributed by atoms with E-state index < -0.39 is 12.0 Å². The summed E-state index contributed by atoms with van der Waals surface area (Å²) in [6.07, 6.45) is 3.32. The molecule has 3 heterocycles. The van der Waals surface area contributed by atoms with Gasteiger partial charge in [0.2, 0.25) is 0 Å². The first kappa shape index (κ1) is 29.1. The van der Waals surface area contributed by atoms with E-state index in [1.54, 1.807) is 32.3 Å². The molecule has 4 aromatic rings. The van der Waals surface area contributed by atoms with Crippen molar-refractivity contribution in [2.45, 2.75) is 53.3 Å². The van der Waals surface area contributed by atoms with E-state index in [1.165, 1.54) is 11.3 Å². The highest BCUT2D eigenvalue weighted by molar-refractivity contribution is 7.07. The molecule has 1 aliphatic rings. The fraction of sp³-hybridized carbons (Fsp3) is 0.312. The molecule has 9 nitrogen and oxygen atoms in total. The van der Waals surface area contributed by atoms with Crippen molar-refractivity contribution in [2.24, 2.45) is 4.99 Å². The van der Waals surface area contributed by atoms with Gasteiger partial charge in [-0.25, -0.2) is 9.79 Å². The number of thiazole rings is 1. The van der Waals surface area contributed by atoms with E-state index in [0.717, 1.165) is 22.0 Å². The molecule has 2 aromatic carbocycles. The molecular formula is C32H33N3O6S. The number of hydrogen-bond donors (Lipinski definition) is 0. The molecule has 2 aromatic heterocycles. The molecule has 42 heavy (non-hydrogen) atoms. The summed E-state index contributed by atoms with van der Waals surface area (Å²) in [7, 11) is 0. The first-order valence-electron chi connectivity index (χ1n) is 13.9. The Morgan fingerprint density at radius 1 is 1.07 bits per heavy atom. The van der Waals surface area contributed by atoms with Gasteiger partial charge in [-0.05, 0) is 64.5 Å². The number of carbonyl (C=O) groups excluding carboxylic acids is 2. The van der Waals surface area contributed by atoms with Gasteiger partial charge in [-0.2, -0.15) is 0 Å². The molecule has 0 spiro atoms. The van der Waals surface area contributed by atoms with Gasteiger partial charge in [-0.3, -0.25) is 14.2 Å². The van der Waals surface area contributed by atoms with E-state index in [1.807, 2.05) is 72.3 Å². The van der Waals surface area contributed by atoms with E-state index in [4.69, 9.17) is 14.2 Å². The van der Waals surface area contributed by atoms with Crippen molar-refractivity contribution in [3.8, 4) is 5.75 Å². The van der Waals surface area contributed by atoms with Crippen LogP contribution in [0.3, 0.4) is 0 Å². The lowest BCUT2D eigenvalue weighted by molar-refractivity contribution is -0.144. The fourth-order valence-electron chi connectivity index (χ4n) is 5.10. The minimum absolute atomic E-state index is 0.0572. The first-order chi connectivity index (χ1) is 20.2. The third-order valence-electron chi connectivity index (χ3n) is 6.80. The average molecular weight is 588 g/mol. The third kappa shape index (κ3) is 5.67. The van der Waals surface area contributed by atoms with Crippen molar-refractivity contribution in [1.29, 1.82) is 0 Å². The predicted molar refractivity (Wildman–Crippen MR) is 161 cm³/mol. The fourth-order valence-corrected chi connectivity index (χ4v) is 6.13. The highest BCUT2D eigenvalue weighted by Gasteiger charge is 2.34. The normalized spacial score (nSPS) is 15.1. The van der Waals surface area contributed by atoms with Gasteiger partial charge >= 0.3 is 11.9 Å². The lowest BCUT2D eigenvalue weighted by Crippen LogP contribution is -2.40. The number of carbonyl (C=O) groups is 2. The number of esters is 2. The molecule has 0 aliphatic carbocycles. The van der Waals surface area contributed by atoms with Crippen molar-refractivity contribution in [2.75, 3.05) is 13.2 Å². The van der Waals surface area contributed by atoms with Crippen molar-refractivity contribution in [3.05, 3.63) is 96.8 Å². The van der Waals surface area contributed by atoms with E-state index in [2.05, 4.69) is 4.99 Å². The largest absolute Gasteiger partial charge is 0.494 e. The second-order valence-electron chi connectivity index (χ2n) is 10.1. The monoisotopic (exact) mass is 587 g/mol. The SMILES string of the molecule is CCOC(=O)Cn1cc(/C=c2/sc3n(c2=O)[C@H](c2ccc(OCC)cc2)C(C(=O)OC(C)C)=C(C)N=3)c2ccccc21. The number of allylic oxidation sites excluding steroid dienone is 1. The zero-order chi connectivity index (χ0) is 30.0. The standard InChI is InChI=1S/C32H33N3O6S/c1-6-39-23-14-12-21(13-15-23)29-28(31(38)41-19(3)4)20(5)33-32-35(29)30(37)26(42-32)16-22-17-34(18-27(36)40-7-2)25-11-9-8-10-24(22)25/h8-17,19,29H,6-7,18H2,1-5H3/b26-16+/t29-/m1/s1. The van der Waals surface area contributed by atoms with E-state index in [0.29, 0.717) is 39.6 Å². The molecule has 0 bridgehead atoms. The summed E-state index contributed by atoms with van der Waals surface area (Å²) in [6.45, 7) is 9.89. The summed E-state index contributed by atoms with van der Waals surface area (Å²) in [5, 5.41) is 0.896. The van der Waals surface area contributed by atoms with Crippen LogP contribution in [-0.4, -0.2) is 40.4 Å². The maximum atomic E-state index is 14.1. The molecule has 0 fully saturated rings. The van der Waals surface area contributed by atoms with Gasteiger partial charge in [0.05, 0.1) is 41.2 Å². The predicted octanol–water partition coefficient (Wildman–Crippen LogP) is 4.10. The van der Waals surface area contributed by atoms with E-state index >= 15 is 0 Å². The molecule has 10 heteroatoms. The molecule has 0 amide bonds. The lowest BCUT2D eigenvalue weighted by atomic mass is 9.96. The molecule has 0 saturated carbocycles. The Morgan fingerprint density at radius 2 is 1.81 bits per heavy atom. The van der Waals surface area contributed by atoms with Gasteiger partial charge in [0, 0.05) is 22.7 Å². The number of nitrogens with zero attached hydrogens (tertiary/aromatic N) is 3. The lowest BCUT2D eigenvalue weighted by Gasteiger charge is -2.25. The van der Waals surface area contributed by atoms with Crippen LogP contribution < -0.4 is 19.6 Å². The quantitative estimate of drug-likeness (QED) is 0.273. The van der Waals surface area contributed by atoms with Gasteiger partial charge in [-0.15, -0.1) is 0 Å². The second kappa shape index (κ2) is 12.2. The Bertz CT molecular complexity index is 1860. The third-order valence-corrected chi connectivity index (χ3v) is 7.78. The summed E-state index contributed by atoms with van der Waals surface area (Å²) in [6, 6.07) is 14.3. The van der Waals surface area contributed by atoms with Gasteiger partial charge in [0.15, 0.2) is 4.80 Å². The van der Waals surface area contributed by atoms with Gasteiger partial charge < -0.3 is 18.8 Å². The van der Waals surface area contributed by atoms with Crippen LogP contribution in [0.4, 0.5) is 0 Å². The number of rotatable bonds is 9. The average Bonchev–Trinajstić information content (AvgIpc) is 3.44. The second-order valence-corrected chi connectivity index (χ2v) is 11.1. The van der Waals surface area contributed by atoms with Crippen LogP contribution in [0, 0.1) is 0 Å². The number of fused-ring (bicyclic) bond motifs is 2. The molecule has 5 rings (SSSR count). The topological polar surface area (TPSA) is 101 Å². The Kier molecular flexibility index (Phi) is 8.44. The minimum atomic E-state index is -0.726. The van der Waals surface area contributed by atoms with Crippen LogP contribution in [-0.2, 0) is 25.6 Å². The Labute approximate surface area is 247 Å². The smallest absolute Gasteiger partial charge is 0.338 e. The number of aromatic nitrogens is 2. The van der Waals surface area contributed by atoms with Crippen molar-refractivity contribution in [1.82, 2.24) is 9.13 Å². The summed E-state index contributed by atoms with van der Waals surface area (Å²) in [4.78, 5) is 44.8. The summed E-state index contributed by atoms with van der Waals surface area (Å²) in [5.41, 5.74) is 2.92. The van der Waals surface area contributed by atoms with Gasteiger partial charge in [0.25, 0.3) is 5.56 Å². The minimum Gasteiger partial charge on any atom is -0.494 e. The molecular weight excluding hydrogens is 554 g/mol. The number of benzene rings is 2. The number of para-hydroxylation sites is 1. The van der Waals surface area contributed by atoms with Crippen LogP contribution >= 0.6 is 11.3 Å². The molecule has 1 atom stereocenters. The maximum absolute atomic E-state index is 14.1.